The van der Waals surface area contributed by atoms with Gasteiger partial charge in [0, 0.05) is 39.0 Å². The van der Waals surface area contributed by atoms with E-state index in [0.29, 0.717) is 13.1 Å². The molecule has 0 radical (unpaired) electrons. The molecule has 27 heavy (non-hydrogen) atoms. The molecule has 1 aromatic carbocycles. The molecule has 6 nitrogen and oxygen atoms in total. The van der Waals surface area contributed by atoms with Crippen molar-refractivity contribution < 1.29 is 9.53 Å². The second kappa shape index (κ2) is 8.94. The third kappa shape index (κ3) is 4.63. The standard InChI is InChI=1S/C20H24N4O2S/c1-23(19(25)11-17(12-21)26-2)13-15-14-24(16-7-4-3-5-8-16)22-20(15)18-9-6-10-27-18/h3-10,14,17H,11-13,21H2,1-2H3. The number of carbonyl (C=O) groups excluding carboxylic acids is 1. The molecule has 3 aromatic rings. The van der Waals surface area contributed by atoms with Crippen LogP contribution >= 0.6 is 11.3 Å². The predicted octanol–water partition coefficient (Wildman–Crippen LogP) is 2.92. The Morgan fingerprint density at radius 2 is 2.07 bits per heavy atom. The summed E-state index contributed by atoms with van der Waals surface area (Å²) >= 11 is 1.64. The summed E-state index contributed by atoms with van der Waals surface area (Å²) in [6.07, 6.45) is 2.00. The van der Waals surface area contributed by atoms with Crippen molar-refractivity contribution in [1.29, 1.82) is 0 Å². The van der Waals surface area contributed by atoms with E-state index >= 15 is 0 Å². The summed E-state index contributed by atoms with van der Waals surface area (Å²) in [6.45, 7) is 0.794. The Bertz CT molecular complexity index is 858. The molecule has 0 saturated heterocycles. The first-order chi connectivity index (χ1) is 13.1. The Kier molecular flexibility index (Phi) is 6.39. The van der Waals surface area contributed by atoms with E-state index in [1.54, 1.807) is 30.4 Å². The van der Waals surface area contributed by atoms with Crippen molar-refractivity contribution in [3.63, 3.8) is 0 Å². The maximum atomic E-state index is 12.5. The van der Waals surface area contributed by atoms with Crippen LogP contribution in [0.5, 0.6) is 0 Å². The van der Waals surface area contributed by atoms with Crippen molar-refractivity contribution in [2.24, 2.45) is 5.73 Å². The van der Waals surface area contributed by atoms with Gasteiger partial charge in [-0.3, -0.25) is 4.79 Å². The maximum absolute atomic E-state index is 12.5. The molecule has 0 fully saturated rings. The first-order valence-electron chi connectivity index (χ1n) is 8.77. The van der Waals surface area contributed by atoms with Crippen LogP contribution in [0.3, 0.4) is 0 Å². The van der Waals surface area contributed by atoms with Gasteiger partial charge in [0.1, 0.15) is 5.69 Å². The van der Waals surface area contributed by atoms with Crippen LogP contribution in [0.2, 0.25) is 0 Å². The van der Waals surface area contributed by atoms with Crippen LogP contribution in [0, 0.1) is 0 Å². The Hall–Kier alpha value is -2.48. The molecule has 0 aliphatic carbocycles. The molecule has 142 valence electrons. The molecule has 2 aromatic heterocycles. The van der Waals surface area contributed by atoms with E-state index in [9.17, 15) is 4.79 Å². The SMILES string of the molecule is COC(CN)CC(=O)N(C)Cc1cn(-c2ccccc2)nc1-c1cccs1. The number of hydrogen-bond donors (Lipinski definition) is 1. The van der Waals surface area contributed by atoms with Gasteiger partial charge in [-0.25, -0.2) is 4.68 Å². The van der Waals surface area contributed by atoms with E-state index in [1.807, 2.05) is 58.7 Å². The molecule has 2 heterocycles. The zero-order valence-electron chi connectivity index (χ0n) is 15.5. The minimum Gasteiger partial charge on any atom is -0.380 e. The Labute approximate surface area is 163 Å². The summed E-state index contributed by atoms with van der Waals surface area (Å²) < 4.78 is 7.09. The van der Waals surface area contributed by atoms with Crippen molar-refractivity contribution in [2.45, 2.75) is 19.1 Å². The molecule has 0 bridgehead atoms. The molecule has 0 spiro atoms. The van der Waals surface area contributed by atoms with E-state index in [-0.39, 0.29) is 18.4 Å². The third-order valence-electron chi connectivity index (χ3n) is 4.40. The zero-order valence-corrected chi connectivity index (χ0v) is 16.4. The van der Waals surface area contributed by atoms with Crippen LogP contribution in [0.1, 0.15) is 12.0 Å². The van der Waals surface area contributed by atoms with Crippen LogP contribution in [-0.2, 0) is 16.1 Å². The van der Waals surface area contributed by atoms with Gasteiger partial charge in [-0.1, -0.05) is 24.3 Å². The first kappa shape index (κ1) is 19.3. The summed E-state index contributed by atoms with van der Waals surface area (Å²) in [7, 11) is 3.37. The van der Waals surface area contributed by atoms with Gasteiger partial charge in [0.2, 0.25) is 5.91 Å². The number of ether oxygens (including phenoxy) is 1. The summed E-state index contributed by atoms with van der Waals surface area (Å²) in [5.41, 5.74) is 8.51. The van der Waals surface area contributed by atoms with Crippen molar-refractivity contribution in [3.8, 4) is 16.3 Å². The highest BCUT2D eigenvalue weighted by Crippen LogP contribution is 2.28. The lowest BCUT2D eigenvalue weighted by Gasteiger charge is -2.20. The van der Waals surface area contributed by atoms with Gasteiger partial charge in [0.15, 0.2) is 0 Å². The highest BCUT2D eigenvalue weighted by molar-refractivity contribution is 7.13. The number of thiophene rings is 1. The van der Waals surface area contributed by atoms with Crippen molar-refractivity contribution in [2.75, 3.05) is 20.7 Å². The molecule has 3 rings (SSSR count). The van der Waals surface area contributed by atoms with Gasteiger partial charge in [-0.05, 0) is 23.6 Å². The lowest BCUT2D eigenvalue weighted by molar-refractivity contribution is -0.132. The first-order valence-corrected chi connectivity index (χ1v) is 9.65. The Morgan fingerprint density at radius 1 is 1.30 bits per heavy atom. The fourth-order valence-electron chi connectivity index (χ4n) is 2.82. The van der Waals surface area contributed by atoms with Crippen LogP contribution in [-0.4, -0.2) is 47.4 Å². The van der Waals surface area contributed by atoms with E-state index in [4.69, 9.17) is 15.6 Å². The number of carbonyl (C=O) groups is 1. The van der Waals surface area contributed by atoms with Gasteiger partial charge in [-0.2, -0.15) is 5.10 Å². The van der Waals surface area contributed by atoms with Gasteiger partial charge in [-0.15, -0.1) is 11.3 Å². The van der Waals surface area contributed by atoms with Crippen LogP contribution in [0.4, 0.5) is 0 Å². The number of aromatic nitrogens is 2. The van der Waals surface area contributed by atoms with Crippen molar-refractivity contribution in [1.82, 2.24) is 14.7 Å². The lowest BCUT2D eigenvalue weighted by Crippen LogP contribution is -2.33. The number of nitrogens with zero attached hydrogens (tertiary/aromatic N) is 3. The Morgan fingerprint density at radius 3 is 2.70 bits per heavy atom. The number of hydrogen-bond acceptors (Lipinski definition) is 5. The molecule has 0 aliphatic heterocycles. The van der Waals surface area contributed by atoms with E-state index < -0.39 is 0 Å². The molecular weight excluding hydrogens is 360 g/mol. The highest BCUT2D eigenvalue weighted by Gasteiger charge is 2.19. The monoisotopic (exact) mass is 384 g/mol. The second-order valence-electron chi connectivity index (χ2n) is 6.31. The Balaban J connectivity index is 1.85. The van der Waals surface area contributed by atoms with Crippen molar-refractivity contribution in [3.05, 3.63) is 59.6 Å². The molecule has 0 aliphatic rings. The molecule has 2 N–H and O–H groups in total. The average molecular weight is 385 g/mol. The van der Waals surface area contributed by atoms with E-state index in [0.717, 1.165) is 21.8 Å². The van der Waals surface area contributed by atoms with Gasteiger partial charge in [0.05, 0.1) is 23.1 Å². The van der Waals surface area contributed by atoms with Crippen molar-refractivity contribution >= 4 is 17.2 Å². The van der Waals surface area contributed by atoms with Crippen LogP contribution in [0.25, 0.3) is 16.3 Å². The number of rotatable bonds is 8. The topological polar surface area (TPSA) is 73.4 Å². The second-order valence-corrected chi connectivity index (χ2v) is 7.26. The quantitative estimate of drug-likeness (QED) is 0.648. The average Bonchev–Trinajstić information content (AvgIpc) is 3.36. The lowest BCUT2D eigenvalue weighted by atomic mass is 10.2. The third-order valence-corrected chi connectivity index (χ3v) is 5.27. The highest BCUT2D eigenvalue weighted by atomic mass is 32.1. The van der Waals surface area contributed by atoms with Crippen LogP contribution in [0.15, 0.2) is 54.0 Å². The molecule has 1 amide bonds. The summed E-state index contributed by atoms with van der Waals surface area (Å²) in [6, 6.07) is 14.0. The summed E-state index contributed by atoms with van der Waals surface area (Å²) in [4.78, 5) is 15.3. The molecule has 1 unspecified atom stereocenters. The largest absolute Gasteiger partial charge is 0.380 e. The van der Waals surface area contributed by atoms with Gasteiger partial charge < -0.3 is 15.4 Å². The maximum Gasteiger partial charge on any atom is 0.225 e. The fraction of sp³-hybridized carbons (Fsp3) is 0.300. The van der Waals surface area contributed by atoms with E-state index in [2.05, 4.69) is 0 Å². The minimum atomic E-state index is -0.260. The molecular formula is C20H24N4O2S. The summed E-state index contributed by atoms with van der Waals surface area (Å²) in [5, 5.41) is 6.80. The van der Waals surface area contributed by atoms with Gasteiger partial charge >= 0.3 is 0 Å². The number of nitrogens with two attached hydrogens (primary N) is 1. The summed E-state index contributed by atoms with van der Waals surface area (Å²) in [5.74, 6) is -0.00288. The zero-order chi connectivity index (χ0) is 19.2. The minimum absolute atomic E-state index is 0.00288. The van der Waals surface area contributed by atoms with E-state index in [1.165, 1.54) is 0 Å². The number of benzene rings is 1. The molecule has 1 atom stereocenters. The molecule has 7 heteroatoms. The smallest absolute Gasteiger partial charge is 0.225 e. The van der Waals surface area contributed by atoms with Crippen LogP contribution < -0.4 is 5.73 Å². The van der Waals surface area contributed by atoms with Gasteiger partial charge in [0.25, 0.3) is 0 Å². The predicted molar refractivity (Wildman–Crippen MR) is 108 cm³/mol. The number of para-hydroxylation sites is 1. The normalized spacial score (nSPS) is 12.1. The number of amides is 1. The number of methoxy groups -OCH3 is 1. The molecule has 0 saturated carbocycles. The fourth-order valence-corrected chi connectivity index (χ4v) is 3.56.